The molecule has 1 aromatic carbocycles. The minimum absolute atomic E-state index is 0.152. The Morgan fingerprint density at radius 2 is 1.86 bits per heavy atom. The summed E-state index contributed by atoms with van der Waals surface area (Å²) in [5.74, 6) is 0. The predicted octanol–water partition coefficient (Wildman–Crippen LogP) is 3.54. The Morgan fingerprint density at radius 1 is 1.29 bits per heavy atom. The van der Waals surface area contributed by atoms with Crippen molar-refractivity contribution < 1.29 is 0 Å². The molecule has 0 saturated heterocycles. The molecule has 0 radical (unpaired) electrons. The maximum atomic E-state index is 5.44. The minimum atomic E-state index is 0.152. The maximum Gasteiger partial charge on any atom is 0.122 e. The molecule has 0 fully saturated rings. The molecule has 0 aliphatic heterocycles. The third-order valence-corrected chi connectivity index (χ3v) is 2.20. The Bertz CT molecular complexity index is 353. The van der Waals surface area contributed by atoms with Crippen molar-refractivity contribution in [3.05, 3.63) is 46.1 Å². The monoisotopic (exact) mass is 245 g/mol. The minimum Gasteiger partial charge on any atom is -0.350 e. The lowest BCUT2D eigenvalue weighted by Gasteiger charge is -2.03. The third-order valence-electron chi connectivity index (χ3n) is 1.63. The van der Waals surface area contributed by atoms with Crippen LogP contribution in [0.3, 0.4) is 0 Å². The molecule has 0 saturated carbocycles. The molecule has 0 amide bonds. The standard InChI is InChI=1S/C10H9Cl2NS/c1-7-2-4-8(5-3-7)10(14)13-6-9(11)12/h2-6H,1H3,(H,13,14). The maximum absolute atomic E-state index is 5.44. The highest BCUT2D eigenvalue weighted by molar-refractivity contribution is 7.80. The number of nitrogens with one attached hydrogen (secondary N) is 1. The summed E-state index contributed by atoms with van der Waals surface area (Å²) in [4.78, 5) is 0.601. The van der Waals surface area contributed by atoms with Gasteiger partial charge < -0.3 is 5.32 Å². The van der Waals surface area contributed by atoms with Crippen LogP contribution in [0, 0.1) is 6.92 Å². The Hall–Kier alpha value is -0.570. The molecule has 74 valence electrons. The van der Waals surface area contributed by atoms with Gasteiger partial charge in [-0.3, -0.25) is 0 Å². The van der Waals surface area contributed by atoms with E-state index in [2.05, 4.69) is 5.32 Å². The molecule has 0 spiro atoms. The van der Waals surface area contributed by atoms with Crippen LogP contribution in [0.25, 0.3) is 0 Å². The molecular formula is C10H9Cl2NS. The van der Waals surface area contributed by atoms with Crippen LogP contribution in [0.2, 0.25) is 0 Å². The van der Waals surface area contributed by atoms with E-state index >= 15 is 0 Å². The fourth-order valence-corrected chi connectivity index (χ4v) is 1.21. The van der Waals surface area contributed by atoms with E-state index in [0.29, 0.717) is 4.99 Å². The number of hydrogen-bond donors (Lipinski definition) is 1. The van der Waals surface area contributed by atoms with Crippen molar-refractivity contribution in [2.45, 2.75) is 6.92 Å². The van der Waals surface area contributed by atoms with Gasteiger partial charge in [-0.1, -0.05) is 65.2 Å². The van der Waals surface area contributed by atoms with Gasteiger partial charge in [0, 0.05) is 11.8 Å². The van der Waals surface area contributed by atoms with Crippen LogP contribution in [-0.2, 0) is 0 Å². The summed E-state index contributed by atoms with van der Waals surface area (Å²) < 4.78 is 0.152. The number of halogens is 2. The van der Waals surface area contributed by atoms with Gasteiger partial charge in [-0.25, -0.2) is 0 Å². The summed E-state index contributed by atoms with van der Waals surface area (Å²) in [6.45, 7) is 2.02. The van der Waals surface area contributed by atoms with Crippen LogP contribution in [0.1, 0.15) is 11.1 Å². The van der Waals surface area contributed by atoms with Crippen molar-refractivity contribution in [1.82, 2.24) is 5.32 Å². The van der Waals surface area contributed by atoms with Crippen molar-refractivity contribution in [2.24, 2.45) is 0 Å². The lowest BCUT2D eigenvalue weighted by molar-refractivity contribution is 1.30. The van der Waals surface area contributed by atoms with Crippen LogP contribution in [0.4, 0.5) is 0 Å². The number of aryl methyl sites for hydroxylation is 1. The number of rotatable bonds is 2. The molecule has 0 aliphatic rings. The number of thiocarbonyl (C=S) groups is 1. The Balaban J connectivity index is 2.70. The van der Waals surface area contributed by atoms with Gasteiger partial charge in [0.1, 0.15) is 9.48 Å². The zero-order valence-corrected chi connectivity index (χ0v) is 9.88. The summed E-state index contributed by atoms with van der Waals surface area (Å²) in [5.41, 5.74) is 2.14. The van der Waals surface area contributed by atoms with E-state index < -0.39 is 0 Å². The first-order chi connectivity index (χ1) is 6.59. The van der Waals surface area contributed by atoms with Gasteiger partial charge in [-0.2, -0.15) is 0 Å². The lowest BCUT2D eigenvalue weighted by atomic mass is 10.1. The van der Waals surface area contributed by atoms with Gasteiger partial charge in [0.25, 0.3) is 0 Å². The van der Waals surface area contributed by atoms with E-state index in [-0.39, 0.29) is 4.49 Å². The van der Waals surface area contributed by atoms with E-state index in [4.69, 9.17) is 35.4 Å². The second-order valence-electron chi connectivity index (χ2n) is 2.77. The number of benzene rings is 1. The summed E-state index contributed by atoms with van der Waals surface area (Å²) in [5, 5.41) is 2.82. The largest absolute Gasteiger partial charge is 0.350 e. The van der Waals surface area contributed by atoms with Crippen molar-refractivity contribution in [1.29, 1.82) is 0 Å². The molecule has 0 unspecified atom stereocenters. The normalized spacial score (nSPS) is 9.36. The number of hydrogen-bond acceptors (Lipinski definition) is 1. The topological polar surface area (TPSA) is 12.0 Å². The quantitative estimate of drug-likeness (QED) is 0.801. The van der Waals surface area contributed by atoms with Crippen molar-refractivity contribution in [2.75, 3.05) is 0 Å². The lowest BCUT2D eigenvalue weighted by Crippen LogP contribution is -2.15. The van der Waals surface area contributed by atoms with E-state index in [9.17, 15) is 0 Å². The van der Waals surface area contributed by atoms with Crippen LogP contribution in [-0.4, -0.2) is 4.99 Å². The molecule has 0 aliphatic carbocycles. The van der Waals surface area contributed by atoms with Gasteiger partial charge in [-0.15, -0.1) is 0 Å². The van der Waals surface area contributed by atoms with Crippen LogP contribution in [0.5, 0.6) is 0 Å². The average molecular weight is 246 g/mol. The summed E-state index contributed by atoms with van der Waals surface area (Å²) in [6.07, 6.45) is 1.45. The molecule has 14 heavy (non-hydrogen) atoms. The van der Waals surface area contributed by atoms with Gasteiger partial charge in [0.15, 0.2) is 0 Å². The Kier molecular flexibility index (Phi) is 4.39. The molecule has 4 heteroatoms. The van der Waals surface area contributed by atoms with E-state index in [0.717, 1.165) is 5.56 Å². The Labute approximate surface area is 98.7 Å². The first-order valence-electron chi connectivity index (χ1n) is 3.98. The molecule has 0 atom stereocenters. The van der Waals surface area contributed by atoms with Gasteiger partial charge in [0.2, 0.25) is 0 Å². The third kappa shape index (κ3) is 3.66. The zero-order chi connectivity index (χ0) is 10.6. The van der Waals surface area contributed by atoms with Gasteiger partial charge >= 0.3 is 0 Å². The van der Waals surface area contributed by atoms with E-state index in [1.165, 1.54) is 11.8 Å². The molecule has 0 heterocycles. The van der Waals surface area contributed by atoms with Crippen molar-refractivity contribution in [3.63, 3.8) is 0 Å². The van der Waals surface area contributed by atoms with E-state index in [1.54, 1.807) is 0 Å². The van der Waals surface area contributed by atoms with Crippen LogP contribution < -0.4 is 5.32 Å². The van der Waals surface area contributed by atoms with Gasteiger partial charge in [-0.05, 0) is 6.92 Å². The SMILES string of the molecule is Cc1ccc(C(=S)NC=C(Cl)Cl)cc1. The fourth-order valence-electron chi connectivity index (χ4n) is 0.908. The summed E-state index contributed by atoms with van der Waals surface area (Å²) in [7, 11) is 0. The Morgan fingerprint density at radius 3 is 2.36 bits per heavy atom. The molecule has 0 bridgehead atoms. The molecule has 1 aromatic rings. The molecular weight excluding hydrogens is 237 g/mol. The van der Waals surface area contributed by atoms with Crippen molar-refractivity contribution in [3.8, 4) is 0 Å². The molecule has 1 N–H and O–H groups in total. The summed E-state index contributed by atoms with van der Waals surface area (Å²) >= 11 is 16.0. The average Bonchev–Trinajstić information content (AvgIpc) is 2.15. The second kappa shape index (κ2) is 5.35. The molecule has 0 aromatic heterocycles. The first-order valence-corrected chi connectivity index (χ1v) is 5.14. The highest BCUT2D eigenvalue weighted by Crippen LogP contribution is 2.06. The van der Waals surface area contributed by atoms with Crippen LogP contribution in [0.15, 0.2) is 35.0 Å². The second-order valence-corrected chi connectivity index (χ2v) is 4.19. The smallest absolute Gasteiger partial charge is 0.122 e. The van der Waals surface area contributed by atoms with Crippen LogP contribution >= 0.6 is 35.4 Å². The predicted molar refractivity (Wildman–Crippen MR) is 65.8 cm³/mol. The zero-order valence-electron chi connectivity index (χ0n) is 7.55. The highest BCUT2D eigenvalue weighted by Gasteiger charge is 1.97. The summed E-state index contributed by atoms with van der Waals surface area (Å²) in [6, 6.07) is 7.88. The fraction of sp³-hybridized carbons (Fsp3) is 0.100. The first kappa shape index (κ1) is 11.5. The highest BCUT2D eigenvalue weighted by atomic mass is 35.5. The van der Waals surface area contributed by atoms with Gasteiger partial charge in [0.05, 0.1) is 0 Å². The van der Waals surface area contributed by atoms with E-state index in [1.807, 2.05) is 31.2 Å². The molecule has 1 nitrogen and oxygen atoms in total. The molecule has 1 rings (SSSR count). The van der Waals surface area contributed by atoms with Crippen molar-refractivity contribution >= 4 is 40.4 Å².